The number of rotatable bonds is 6. The van der Waals surface area contributed by atoms with Gasteiger partial charge >= 0.3 is 6.01 Å². The Morgan fingerprint density at radius 1 is 0.967 bits per heavy atom. The lowest BCUT2D eigenvalue weighted by Crippen LogP contribution is -2.06. The lowest BCUT2D eigenvalue weighted by Gasteiger charge is -2.11. The quantitative estimate of drug-likeness (QED) is 0.434. The standard InChI is InChI=1S/C23H22FN5O/c1-15(2)29-23(30-21-9-6-19(24)14-16(21)3)27-22(28-29)26-20-7-4-17(5-8-20)18-10-12-25-13-11-18/h4-15H,1-3H3,(H,26,28). The Bertz CT molecular complexity index is 1140. The van der Waals surface area contributed by atoms with E-state index in [1.54, 1.807) is 30.1 Å². The molecule has 0 saturated heterocycles. The van der Waals surface area contributed by atoms with Crippen LogP contribution in [0.4, 0.5) is 16.0 Å². The number of aryl methyl sites for hydroxylation is 1. The minimum Gasteiger partial charge on any atom is -0.424 e. The van der Waals surface area contributed by atoms with Crippen LogP contribution in [0.2, 0.25) is 0 Å². The number of aromatic nitrogens is 4. The predicted molar refractivity (Wildman–Crippen MR) is 115 cm³/mol. The fourth-order valence-corrected chi connectivity index (χ4v) is 3.01. The van der Waals surface area contributed by atoms with Crippen LogP contribution in [0.5, 0.6) is 11.8 Å². The summed E-state index contributed by atoms with van der Waals surface area (Å²) in [7, 11) is 0. The van der Waals surface area contributed by atoms with Gasteiger partial charge in [-0.15, -0.1) is 5.10 Å². The second kappa shape index (κ2) is 8.32. The minimum absolute atomic E-state index is 0.0397. The summed E-state index contributed by atoms with van der Waals surface area (Å²) in [6, 6.07) is 16.7. The van der Waals surface area contributed by atoms with Gasteiger partial charge < -0.3 is 10.1 Å². The molecule has 2 aromatic carbocycles. The molecule has 0 atom stereocenters. The van der Waals surface area contributed by atoms with Gasteiger partial charge in [0.1, 0.15) is 11.6 Å². The molecule has 6 nitrogen and oxygen atoms in total. The summed E-state index contributed by atoms with van der Waals surface area (Å²) < 4.78 is 21.0. The molecule has 0 aliphatic heterocycles. The zero-order chi connectivity index (χ0) is 21.1. The van der Waals surface area contributed by atoms with Crippen LogP contribution in [0.25, 0.3) is 11.1 Å². The van der Waals surface area contributed by atoms with Gasteiger partial charge in [-0.05, 0) is 79.9 Å². The summed E-state index contributed by atoms with van der Waals surface area (Å²) in [6.45, 7) is 5.77. The van der Waals surface area contributed by atoms with E-state index in [4.69, 9.17) is 4.74 Å². The fourth-order valence-electron chi connectivity index (χ4n) is 3.01. The maximum atomic E-state index is 13.4. The van der Waals surface area contributed by atoms with Gasteiger partial charge in [0.15, 0.2) is 0 Å². The molecule has 4 rings (SSSR count). The normalized spacial score (nSPS) is 11.0. The van der Waals surface area contributed by atoms with Crippen molar-refractivity contribution in [2.45, 2.75) is 26.8 Å². The molecular formula is C23H22FN5O. The topological polar surface area (TPSA) is 64.9 Å². The molecule has 0 amide bonds. The van der Waals surface area contributed by atoms with E-state index in [2.05, 4.69) is 20.4 Å². The molecule has 0 bridgehead atoms. The smallest absolute Gasteiger partial charge is 0.322 e. The number of ether oxygens (including phenoxy) is 1. The molecule has 152 valence electrons. The predicted octanol–water partition coefficient (Wildman–Crippen LogP) is 5.90. The Morgan fingerprint density at radius 2 is 1.67 bits per heavy atom. The Balaban J connectivity index is 1.55. The fraction of sp³-hybridized carbons (Fsp3) is 0.174. The van der Waals surface area contributed by atoms with Crippen molar-refractivity contribution in [1.82, 2.24) is 19.7 Å². The van der Waals surface area contributed by atoms with Gasteiger partial charge in [0.05, 0.1) is 6.04 Å². The SMILES string of the molecule is Cc1cc(F)ccc1Oc1nc(Nc2ccc(-c3ccncc3)cc2)nn1C(C)C. The molecule has 4 aromatic rings. The summed E-state index contributed by atoms with van der Waals surface area (Å²) in [6.07, 6.45) is 3.54. The number of pyridine rings is 1. The summed E-state index contributed by atoms with van der Waals surface area (Å²) in [5, 5.41) is 7.73. The lowest BCUT2D eigenvalue weighted by molar-refractivity contribution is 0.374. The Kier molecular flexibility index (Phi) is 5.43. The number of benzene rings is 2. The van der Waals surface area contributed by atoms with Gasteiger partial charge in [-0.25, -0.2) is 9.07 Å². The van der Waals surface area contributed by atoms with E-state index in [-0.39, 0.29) is 11.9 Å². The first-order chi connectivity index (χ1) is 14.5. The zero-order valence-electron chi connectivity index (χ0n) is 17.0. The van der Waals surface area contributed by atoms with Crippen LogP contribution in [0.15, 0.2) is 67.0 Å². The van der Waals surface area contributed by atoms with Crippen molar-refractivity contribution in [3.8, 4) is 22.9 Å². The molecule has 0 spiro atoms. The summed E-state index contributed by atoms with van der Waals surface area (Å²) in [5.41, 5.74) is 3.75. The minimum atomic E-state index is -0.303. The second-order valence-corrected chi connectivity index (χ2v) is 7.21. The van der Waals surface area contributed by atoms with E-state index < -0.39 is 0 Å². The van der Waals surface area contributed by atoms with Crippen molar-refractivity contribution in [1.29, 1.82) is 0 Å². The molecule has 0 aliphatic carbocycles. The monoisotopic (exact) mass is 403 g/mol. The number of hydrogen-bond acceptors (Lipinski definition) is 5. The largest absolute Gasteiger partial charge is 0.424 e. The number of anilines is 2. The first-order valence-electron chi connectivity index (χ1n) is 9.67. The van der Waals surface area contributed by atoms with Gasteiger partial charge in [-0.2, -0.15) is 4.98 Å². The number of halogens is 1. The maximum Gasteiger partial charge on any atom is 0.322 e. The van der Waals surface area contributed by atoms with Crippen LogP contribution in [0.1, 0.15) is 25.5 Å². The van der Waals surface area contributed by atoms with Crippen molar-refractivity contribution in [3.05, 3.63) is 78.4 Å². The third-order valence-electron chi connectivity index (χ3n) is 4.58. The molecule has 0 unspecified atom stereocenters. The van der Waals surface area contributed by atoms with Gasteiger partial charge in [0, 0.05) is 18.1 Å². The number of hydrogen-bond donors (Lipinski definition) is 1. The molecule has 0 fully saturated rings. The average molecular weight is 403 g/mol. The van der Waals surface area contributed by atoms with Crippen LogP contribution in [0, 0.1) is 12.7 Å². The van der Waals surface area contributed by atoms with Crippen molar-refractivity contribution in [3.63, 3.8) is 0 Å². The molecule has 2 heterocycles. The lowest BCUT2D eigenvalue weighted by atomic mass is 10.1. The van der Waals surface area contributed by atoms with Crippen molar-refractivity contribution in [2.75, 3.05) is 5.32 Å². The van der Waals surface area contributed by atoms with E-state index in [9.17, 15) is 4.39 Å². The molecule has 2 aromatic heterocycles. The summed E-state index contributed by atoms with van der Waals surface area (Å²) in [5.74, 6) is 0.664. The first kappa shape index (κ1) is 19.6. The molecule has 1 N–H and O–H groups in total. The van der Waals surface area contributed by atoms with Gasteiger partial charge in [-0.3, -0.25) is 4.98 Å². The van der Waals surface area contributed by atoms with Crippen LogP contribution in [-0.4, -0.2) is 19.7 Å². The maximum absolute atomic E-state index is 13.4. The average Bonchev–Trinajstić information content (AvgIpc) is 3.14. The third kappa shape index (κ3) is 4.30. The van der Waals surface area contributed by atoms with Crippen molar-refractivity contribution < 1.29 is 9.13 Å². The Hall–Kier alpha value is -3.74. The summed E-state index contributed by atoms with van der Waals surface area (Å²) >= 11 is 0. The van der Waals surface area contributed by atoms with E-state index in [0.717, 1.165) is 16.8 Å². The van der Waals surface area contributed by atoms with Crippen LogP contribution in [0.3, 0.4) is 0 Å². The van der Waals surface area contributed by atoms with Gasteiger partial charge in [0.2, 0.25) is 5.95 Å². The number of nitrogens with one attached hydrogen (secondary N) is 1. The van der Waals surface area contributed by atoms with Crippen LogP contribution in [-0.2, 0) is 0 Å². The van der Waals surface area contributed by atoms with Gasteiger partial charge in [-0.1, -0.05) is 12.1 Å². The molecule has 0 saturated carbocycles. The Morgan fingerprint density at radius 3 is 2.33 bits per heavy atom. The molecule has 30 heavy (non-hydrogen) atoms. The van der Waals surface area contributed by atoms with E-state index in [0.29, 0.717) is 23.3 Å². The number of nitrogens with zero attached hydrogens (tertiary/aromatic N) is 4. The van der Waals surface area contributed by atoms with E-state index in [1.165, 1.54) is 12.1 Å². The van der Waals surface area contributed by atoms with E-state index >= 15 is 0 Å². The van der Waals surface area contributed by atoms with Crippen LogP contribution < -0.4 is 10.1 Å². The first-order valence-corrected chi connectivity index (χ1v) is 9.67. The molecule has 0 radical (unpaired) electrons. The highest BCUT2D eigenvalue weighted by Gasteiger charge is 2.16. The highest BCUT2D eigenvalue weighted by atomic mass is 19.1. The highest BCUT2D eigenvalue weighted by molar-refractivity contribution is 5.66. The van der Waals surface area contributed by atoms with E-state index in [1.807, 2.05) is 50.2 Å². The second-order valence-electron chi connectivity index (χ2n) is 7.21. The van der Waals surface area contributed by atoms with Crippen molar-refractivity contribution in [2.24, 2.45) is 0 Å². The summed E-state index contributed by atoms with van der Waals surface area (Å²) in [4.78, 5) is 8.53. The Labute approximate surface area is 174 Å². The molecule has 7 heteroatoms. The van der Waals surface area contributed by atoms with Crippen molar-refractivity contribution >= 4 is 11.6 Å². The third-order valence-corrected chi connectivity index (χ3v) is 4.58. The molecule has 0 aliphatic rings. The zero-order valence-corrected chi connectivity index (χ0v) is 17.0. The molecular weight excluding hydrogens is 381 g/mol. The van der Waals surface area contributed by atoms with Crippen LogP contribution >= 0.6 is 0 Å². The van der Waals surface area contributed by atoms with Gasteiger partial charge in [0.25, 0.3) is 0 Å². The highest BCUT2D eigenvalue weighted by Crippen LogP contribution is 2.28.